The van der Waals surface area contributed by atoms with E-state index in [0.717, 1.165) is 18.8 Å². The molecule has 2 rings (SSSR count). The summed E-state index contributed by atoms with van der Waals surface area (Å²) in [4.78, 5) is 5.17. The highest BCUT2D eigenvalue weighted by Gasteiger charge is 2.09. The van der Waals surface area contributed by atoms with Crippen molar-refractivity contribution in [1.82, 2.24) is 9.80 Å². The predicted octanol–water partition coefficient (Wildman–Crippen LogP) is 4.38. The van der Waals surface area contributed by atoms with Crippen molar-refractivity contribution < 1.29 is 4.74 Å². The Hall–Kier alpha value is -1.06. The largest absolute Gasteiger partial charge is 0.497 e. The van der Waals surface area contributed by atoms with Crippen LogP contribution in [0.4, 0.5) is 0 Å². The topological polar surface area (TPSA) is 15.7 Å². The molecule has 0 N–H and O–H groups in total. The quantitative estimate of drug-likeness (QED) is 0.560. The SMILES string of the molecule is CCN(CCCCCCN1CC[CH]CC1)Cc1ccc(OC)cc1. The van der Waals surface area contributed by atoms with Crippen LogP contribution in [-0.2, 0) is 6.54 Å². The molecule has 1 radical (unpaired) electrons. The van der Waals surface area contributed by atoms with Gasteiger partial charge in [0.25, 0.3) is 0 Å². The molecule has 0 aliphatic carbocycles. The highest BCUT2D eigenvalue weighted by molar-refractivity contribution is 5.27. The van der Waals surface area contributed by atoms with E-state index in [-0.39, 0.29) is 0 Å². The molecule has 0 amide bonds. The number of hydrogen-bond acceptors (Lipinski definition) is 3. The van der Waals surface area contributed by atoms with Crippen LogP contribution in [-0.4, -0.2) is 49.6 Å². The fraction of sp³-hybridized carbons (Fsp3) is 0.667. The van der Waals surface area contributed by atoms with Gasteiger partial charge in [0, 0.05) is 6.54 Å². The van der Waals surface area contributed by atoms with Crippen LogP contribution in [0.5, 0.6) is 5.75 Å². The van der Waals surface area contributed by atoms with Crippen LogP contribution < -0.4 is 4.74 Å². The molecule has 3 nitrogen and oxygen atoms in total. The minimum absolute atomic E-state index is 0.938. The number of methoxy groups -OCH3 is 1. The molecular formula is C21H35N2O. The summed E-state index contributed by atoms with van der Waals surface area (Å²) in [5, 5.41) is 0. The summed E-state index contributed by atoms with van der Waals surface area (Å²) in [6.07, 6.45) is 10.4. The first-order chi connectivity index (χ1) is 11.8. The monoisotopic (exact) mass is 331 g/mol. The van der Waals surface area contributed by atoms with Crippen molar-refractivity contribution in [1.29, 1.82) is 0 Å². The molecule has 0 unspecified atom stereocenters. The highest BCUT2D eigenvalue weighted by Crippen LogP contribution is 2.14. The van der Waals surface area contributed by atoms with Gasteiger partial charge in [-0.1, -0.05) is 31.9 Å². The second-order valence-corrected chi connectivity index (χ2v) is 6.84. The Labute approximate surface area is 149 Å². The van der Waals surface area contributed by atoms with Gasteiger partial charge in [-0.25, -0.2) is 0 Å². The standard InChI is InChI=1S/C21H35N2O/c1-3-22(19-20-11-13-21(24-2)14-12-20)15-7-4-5-8-16-23-17-9-6-10-18-23/h6,11-14H,3-5,7-10,15-19H2,1-2H3. The molecule has 135 valence electrons. The zero-order valence-electron chi connectivity index (χ0n) is 15.7. The van der Waals surface area contributed by atoms with E-state index in [2.05, 4.69) is 47.4 Å². The number of rotatable bonds is 11. The molecule has 1 saturated heterocycles. The Bertz CT molecular complexity index is 426. The number of piperidine rings is 1. The molecule has 1 fully saturated rings. The fourth-order valence-electron chi connectivity index (χ4n) is 3.39. The summed E-state index contributed by atoms with van der Waals surface area (Å²) in [5.41, 5.74) is 1.37. The van der Waals surface area contributed by atoms with Crippen LogP contribution in [0.15, 0.2) is 24.3 Å². The lowest BCUT2D eigenvalue weighted by Crippen LogP contribution is -2.30. The fourth-order valence-corrected chi connectivity index (χ4v) is 3.39. The first kappa shape index (κ1) is 19.3. The van der Waals surface area contributed by atoms with Crippen molar-refractivity contribution in [3.8, 4) is 5.75 Å². The van der Waals surface area contributed by atoms with Crippen LogP contribution in [0, 0.1) is 6.42 Å². The van der Waals surface area contributed by atoms with E-state index in [1.54, 1.807) is 7.11 Å². The van der Waals surface area contributed by atoms with E-state index in [1.807, 2.05) is 0 Å². The third-order valence-electron chi connectivity index (χ3n) is 5.01. The van der Waals surface area contributed by atoms with Crippen LogP contribution >= 0.6 is 0 Å². The Morgan fingerprint density at radius 2 is 1.71 bits per heavy atom. The maximum atomic E-state index is 5.23. The molecule has 3 heteroatoms. The van der Waals surface area contributed by atoms with Gasteiger partial charge < -0.3 is 9.64 Å². The van der Waals surface area contributed by atoms with E-state index in [9.17, 15) is 0 Å². The van der Waals surface area contributed by atoms with Gasteiger partial charge in [-0.05, 0) is 82.5 Å². The molecule has 1 aliphatic rings. The average molecular weight is 332 g/mol. The van der Waals surface area contributed by atoms with Crippen LogP contribution in [0.2, 0.25) is 0 Å². The molecule has 1 heterocycles. The van der Waals surface area contributed by atoms with E-state index < -0.39 is 0 Å². The molecule has 0 aromatic heterocycles. The second-order valence-electron chi connectivity index (χ2n) is 6.84. The summed E-state index contributed by atoms with van der Waals surface area (Å²) >= 11 is 0. The van der Waals surface area contributed by atoms with Gasteiger partial charge in [0.2, 0.25) is 0 Å². The maximum absolute atomic E-state index is 5.23. The minimum Gasteiger partial charge on any atom is -0.497 e. The first-order valence-corrected chi connectivity index (χ1v) is 9.71. The molecule has 1 aromatic rings. The lowest BCUT2D eigenvalue weighted by atomic mass is 10.1. The van der Waals surface area contributed by atoms with E-state index in [4.69, 9.17) is 4.74 Å². The lowest BCUT2D eigenvalue weighted by molar-refractivity contribution is 0.244. The summed E-state index contributed by atoms with van der Waals surface area (Å²) in [7, 11) is 1.72. The molecule has 24 heavy (non-hydrogen) atoms. The van der Waals surface area contributed by atoms with Gasteiger partial charge in [-0.15, -0.1) is 0 Å². The predicted molar refractivity (Wildman–Crippen MR) is 102 cm³/mol. The molecule has 1 aliphatic heterocycles. The lowest BCUT2D eigenvalue weighted by Gasteiger charge is -2.26. The third-order valence-corrected chi connectivity index (χ3v) is 5.01. The minimum atomic E-state index is 0.938. The van der Waals surface area contributed by atoms with E-state index >= 15 is 0 Å². The Balaban J connectivity index is 1.55. The second kappa shape index (κ2) is 11.5. The van der Waals surface area contributed by atoms with Gasteiger partial charge in [0.1, 0.15) is 5.75 Å². The van der Waals surface area contributed by atoms with Crippen LogP contribution in [0.3, 0.4) is 0 Å². The highest BCUT2D eigenvalue weighted by atomic mass is 16.5. The molecular weight excluding hydrogens is 296 g/mol. The van der Waals surface area contributed by atoms with Crippen molar-refractivity contribution in [3.63, 3.8) is 0 Å². The van der Waals surface area contributed by atoms with Crippen LogP contribution in [0.1, 0.15) is 51.0 Å². The number of likely N-dealkylation sites (tertiary alicyclic amines) is 1. The normalized spacial score (nSPS) is 15.8. The van der Waals surface area contributed by atoms with Gasteiger partial charge in [-0.2, -0.15) is 0 Å². The first-order valence-electron chi connectivity index (χ1n) is 9.71. The van der Waals surface area contributed by atoms with Gasteiger partial charge in [0.05, 0.1) is 7.11 Å². The summed E-state index contributed by atoms with van der Waals surface area (Å²) in [5.74, 6) is 0.938. The van der Waals surface area contributed by atoms with Gasteiger partial charge >= 0.3 is 0 Å². The van der Waals surface area contributed by atoms with Gasteiger partial charge in [-0.3, -0.25) is 4.90 Å². The smallest absolute Gasteiger partial charge is 0.118 e. The Morgan fingerprint density at radius 1 is 1.00 bits per heavy atom. The van der Waals surface area contributed by atoms with Crippen molar-refractivity contribution >= 4 is 0 Å². The third kappa shape index (κ3) is 7.23. The number of benzene rings is 1. The van der Waals surface area contributed by atoms with Crippen molar-refractivity contribution in [2.24, 2.45) is 0 Å². The molecule has 0 atom stereocenters. The Kier molecular flexibility index (Phi) is 9.22. The van der Waals surface area contributed by atoms with Crippen molar-refractivity contribution in [2.45, 2.75) is 52.0 Å². The zero-order valence-corrected chi connectivity index (χ0v) is 15.7. The number of nitrogens with zero attached hydrogens (tertiary/aromatic N) is 2. The summed E-state index contributed by atoms with van der Waals surface area (Å²) < 4.78 is 5.23. The number of unbranched alkanes of at least 4 members (excludes halogenated alkanes) is 3. The van der Waals surface area contributed by atoms with E-state index in [1.165, 1.54) is 70.3 Å². The van der Waals surface area contributed by atoms with E-state index in [0.29, 0.717) is 0 Å². The van der Waals surface area contributed by atoms with Crippen LogP contribution in [0.25, 0.3) is 0 Å². The average Bonchev–Trinajstić information content (AvgIpc) is 2.65. The van der Waals surface area contributed by atoms with Crippen molar-refractivity contribution in [2.75, 3.05) is 39.8 Å². The zero-order chi connectivity index (χ0) is 17.0. The molecule has 0 saturated carbocycles. The van der Waals surface area contributed by atoms with Crippen molar-refractivity contribution in [3.05, 3.63) is 36.2 Å². The maximum Gasteiger partial charge on any atom is 0.118 e. The van der Waals surface area contributed by atoms with Gasteiger partial charge in [0.15, 0.2) is 0 Å². The molecule has 0 bridgehead atoms. The molecule has 1 aromatic carbocycles. The summed E-state index contributed by atoms with van der Waals surface area (Å²) in [6, 6.07) is 8.47. The number of ether oxygens (including phenoxy) is 1. The Morgan fingerprint density at radius 3 is 2.38 bits per heavy atom. The summed E-state index contributed by atoms with van der Waals surface area (Å²) in [6.45, 7) is 9.51. The number of hydrogen-bond donors (Lipinski definition) is 0. The molecule has 0 spiro atoms.